The van der Waals surface area contributed by atoms with Crippen LogP contribution in [0.3, 0.4) is 0 Å². The summed E-state index contributed by atoms with van der Waals surface area (Å²) < 4.78 is 5.94. The first-order valence-corrected chi connectivity index (χ1v) is 9.46. The number of likely N-dealkylation sites (tertiary alicyclic amines) is 1. The molecule has 4 nitrogen and oxygen atoms in total. The fraction of sp³-hybridized carbons (Fsp3) is 0.409. The van der Waals surface area contributed by atoms with Gasteiger partial charge in [0, 0.05) is 13.1 Å². The lowest BCUT2D eigenvalue weighted by atomic mass is 10.00. The monoisotopic (exact) mass is 352 g/mol. The predicted octanol–water partition coefficient (Wildman–Crippen LogP) is 4.10. The first-order chi connectivity index (χ1) is 12.6. The highest BCUT2D eigenvalue weighted by Gasteiger charge is 2.17. The van der Waals surface area contributed by atoms with Crippen molar-refractivity contribution in [3.05, 3.63) is 59.7 Å². The number of nitrogens with zero attached hydrogens (tertiary/aromatic N) is 1. The largest absolute Gasteiger partial charge is 0.457 e. The van der Waals surface area contributed by atoms with Gasteiger partial charge in [0.1, 0.15) is 11.5 Å². The van der Waals surface area contributed by atoms with Crippen LogP contribution in [0.25, 0.3) is 0 Å². The van der Waals surface area contributed by atoms with Gasteiger partial charge in [0.2, 0.25) is 5.91 Å². The van der Waals surface area contributed by atoms with Crippen molar-refractivity contribution < 1.29 is 9.53 Å². The van der Waals surface area contributed by atoms with Crippen molar-refractivity contribution in [3.63, 3.8) is 0 Å². The number of ether oxygens (including phenoxy) is 1. The number of aryl methyl sites for hydroxylation is 1. The Balaban J connectivity index is 1.56. The number of hydrogen-bond donors (Lipinski definition) is 1. The summed E-state index contributed by atoms with van der Waals surface area (Å²) in [4.78, 5) is 14.9. The molecule has 3 rings (SSSR count). The Morgan fingerprint density at radius 2 is 1.81 bits per heavy atom. The van der Waals surface area contributed by atoms with Crippen molar-refractivity contribution in [1.29, 1.82) is 0 Å². The van der Waals surface area contributed by atoms with Crippen LogP contribution in [0.4, 0.5) is 0 Å². The molecule has 0 aliphatic carbocycles. The van der Waals surface area contributed by atoms with Crippen LogP contribution in [0.15, 0.2) is 48.5 Å². The molecule has 0 spiro atoms. The zero-order valence-electron chi connectivity index (χ0n) is 15.7. The summed E-state index contributed by atoms with van der Waals surface area (Å²) in [6.07, 6.45) is 2.55. The standard InChI is InChI=1S/C22H28N2O2/c1-17-7-5-9-20(15-17)26-21-10-6-8-19(16-21)18(2)22(25)23-11-14-24-12-3-4-13-24/h5-10,15-16,18H,3-4,11-14H2,1-2H3,(H,23,25). The maximum absolute atomic E-state index is 12.5. The second-order valence-corrected chi connectivity index (χ2v) is 7.05. The Morgan fingerprint density at radius 3 is 2.54 bits per heavy atom. The van der Waals surface area contributed by atoms with Crippen molar-refractivity contribution in [2.45, 2.75) is 32.6 Å². The van der Waals surface area contributed by atoms with E-state index in [0.717, 1.165) is 42.3 Å². The summed E-state index contributed by atoms with van der Waals surface area (Å²) in [7, 11) is 0. The van der Waals surface area contributed by atoms with Gasteiger partial charge in [0.05, 0.1) is 5.92 Å². The Labute approximate surface area is 156 Å². The molecule has 1 aliphatic heterocycles. The third-order valence-electron chi connectivity index (χ3n) is 4.90. The van der Waals surface area contributed by atoms with Crippen LogP contribution in [0.2, 0.25) is 0 Å². The van der Waals surface area contributed by atoms with E-state index < -0.39 is 0 Å². The summed E-state index contributed by atoms with van der Waals surface area (Å²) in [6, 6.07) is 15.7. The molecule has 1 aliphatic rings. The third kappa shape index (κ3) is 5.09. The van der Waals surface area contributed by atoms with Gasteiger partial charge in [0.25, 0.3) is 0 Å². The lowest BCUT2D eigenvalue weighted by Crippen LogP contribution is -2.35. The van der Waals surface area contributed by atoms with Gasteiger partial charge in [-0.15, -0.1) is 0 Å². The molecule has 2 aromatic carbocycles. The van der Waals surface area contributed by atoms with Crippen molar-refractivity contribution in [3.8, 4) is 11.5 Å². The highest BCUT2D eigenvalue weighted by atomic mass is 16.5. The molecule has 1 amide bonds. The van der Waals surface area contributed by atoms with Crippen molar-refractivity contribution in [2.24, 2.45) is 0 Å². The number of hydrogen-bond acceptors (Lipinski definition) is 3. The lowest BCUT2D eigenvalue weighted by Gasteiger charge is -2.17. The summed E-state index contributed by atoms with van der Waals surface area (Å²) in [5, 5.41) is 3.06. The number of rotatable bonds is 7. The fourth-order valence-electron chi connectivity index (χ4n) is 3.31. The smallest absolute Gasteiger partial charge is 0.227 e. The topological polar surface area (TPSA) is 41.6 Å². The summed E-state index contributed by atoms with van der Waals surface area (Å²) >= 11 is 0. The number of carbonyl (C=O) groups excluding carboxylic acids is 1. The summed E-state index contributed by atoms with van der Waals surface area (Å²) in [6.45, 7) is 7.94. The Bertz CT molecular complexity index is 738. The molecule has 26 heavy (non-hydrogen) atoms. The van der Waals surface area contributed by atoms with Gasteiger partial charge in [-0.05, 0) is 75.2 Å². The fourth-order valence-corrected chi connectivity index (χ4v) is 3.31. The molecule has 4 heteroatoms. The minimum Gasteiger partial charge on any atom is -0.457 e. The second-order valence-electron chi connectivity index (χ2n) is 7.05. The second kappa shape index (κ2) is 8.86. The predicted molar refractivity (Wildman–Crippen MR) is 105 cm³/mol. The van der Waals surface area contributed by atoms with Crippen molar-refractivity contribution in [2.75, 3.05) is 26.2 Å². The van der Waals surface area contributed by atoms with Gasteiger partial charge < -0.3 is 15.0 Å². The Morgan fingerprint density at radius 1 is 1.12 bits per heavy atom. The molecule has 2 aromatic rings. The molecule has 1 saturated heterocycles. The summed E-state index contributed by atoms with van der Waals surface area (Å²) in [5.74, 6) is 1.43. The molecule has 1 fully saturated rings. The molecule has 1 N–H and O–H groups in total. The van der Waals surface area contributed by atoms with E-state index in [1.54, 1.807) is 0 Å². The van der Waals surface area contributed by atoms with Crippen LogP contribution in [-0.2, 0) is 4.79 Å². The van der Waals surface area contributed by atoms with Gasteiger partial charge in [-0.25, -0.2) is 0 Å². The SMILES string of the molecule is Cc1cccc(Oc2cccc(C(C)C(=O)NCCN3CCCC3)c2)c1. The van der Waals surface area contributed by atoms with Crippen LogP contribution in [0, 0.1) is 6.92 Å². The van der Waals surface area contributed by atoms with Crippen molar-refractivity contribution >= 4 is 5.91 Å². The van der Waals surface area contributed by atoms with Gasteiger partial charge in [0.15, 0.2) is 0 Å². The van der Waals surface area contributed by atoms with E-state index in [4.69, 9.17) is 4.74 Å². The van der Waals surface area contributed by atoms with Gasteiger partial charge in [-0.1, -0.05) is 24.3 Å². The van der Waals surface area contributed by atoms with Crippen LogP contribution < -0.4 is 10.1 Å². The van der Waals surface area contributed by atoms with Gasteiger partial charge in [-0.2, -0.15) is 0 Å². The molecule has 1 heterocycles. The molecule has 0 bridgehead atoms. The van der Waals surface area contributed by atoms with E-state index in [9.17, 15) is 4.79 Å². The normalized spacial score (nSPS) is 15.6. The van der Waals surface area contributed by atoms with Crippen molar-refractivity contribution in [1.82, 2.24) is 10.2 Å². The molecular weight excluding hydrogens is 324 g/mol. The molecule has 1 unspecified atom stereocenters. The average molecular weight is 352 g/mol. The van der Waals surface area contributed by atoms with E-state index in [1.807, 2.05) is 62.4 Å². The highest BCUT2D eigenvalue weighted by Crippen LogP contribution is 2.26. The van der Waals surface area contributed by atoms with E-state index >= 15 is 0 Å². The van der Waals surface area contributed by atoms with Crippen LogP contribution >= 0.6 is 0 Å². The first-order valence-electron chi connectivity index (χ1n) is 9.46. The van der Waals surface area contributed by atoms with Crippen LogP contribution in [-0.4, -0.2) is 37.0 Å². The molecule has 1 atom stereocenters. The maximum atomic E-state index is 12.5. The van der Waals surface area contributed by atoms with Gasteiger partial charge in [-0.3, -0.25) is 4.79 Å². The minimum atomic E-state index is -0.199. The minimum absolute atomic E-state index is 0.0666. The Kier molecular flexibility index (Phi) is 6.29. The number of carbonyl (C=O) groups is 1. The molecule has 0 saturated carbocycles. The molecule has 0 aromatic heterocycles. The number of benzene rings is 2. The molecule has 0 radical (unpaired) electrons. The zero-order chi connectivity index (χ0) is 18.4. The van der Waals surface area contributed by atoms with E-state index in [2.05, 4.69) is 10.2 Å². The quantitative estimate of drug-likeness (QED) is 0.815. The lowest BCUT2D eigenvalue weighted by molar-refractivity contribution is -0.122. The third-order valence-corrected chi connectivity index (χ3v) is 4.90. The first kappa shape index (κ1) is 18.5. The number of amides is 1. The van der Waals surface area contributed by atoms with E-state index in [0.29, 0.717) is 6.54 Å². The van der Waals surface area contributed by atoms with Crippen LogP contribution in [0.1, 0.15) is 36.8 Å². The zero-order valence-corrected chi connectivity index (χ0v) is 15.7. The molecule has 138 valence electrons. The number of nitrogens with one attached hydrogen (secondary N) is 1. The molecular formula is C22H28N2O2. The summed E-state index contributed by atoms with van der Waals surface area (Å²) in [5.41, 5.74) is 2.12. The highest BCUT2D eigenvalue weighted by molar-refractivity contribution is 5.83. The van der Waals surface area contributed by atoms with Gasteiger partial charge >= 0.3 is 0 Å². The van der Waals surface area contributed by atoms with E-state index in [1.165, 1.54) is 12.8 Å². The van der Waals surface area contributed by atoms with E-state index in [-0.39, 0.29) is 11.8 Å². The average Bonchev–Trinajstić information content (AvgIpc) is 3.15. The Hall–Kier alpha value is -2.33. The maximum Gasteiger partial charge on any atom is 0.227 e. The van der Waals surface area contributed by atoms with Crippen LogP contribution in [0.5, 0.6) is 11.5 Å².